The van der Waals surface area contributed by atoms with Crippen molar-refractivity contribution >= 4 is 55.5 Å². The summed E-state index contributed by atoms with van der Waals surface area (Å²) in [5.41, 5.74) is 2.98. The molecule has 3 N–H and O–H groups in total. The Morgan fingerprint density at radius 3 is 2.94 bits per heavy atom. The van der Waals surface area contributed by atoms with E-state index in [9.17, 15) is 14.0 Å². The SMILES string of the molecule is C=CC(=O)Nc1cc(-c2ccc3c(ccc4sc5c(c43)NCC(C)NC5=O)n2)ccc1F. The molecule has 160 valence electrons. The van der Waals surface area contributed by atoms with Gasteiger partial charge in [-0.3, -0.25) is 9.59 Å². The third-order valence-corrected chi connectivity index (χ3v) is 6.55. The summed E-state index contributed by atoms with van der Waals surface area (Å²) in [7, 11) is 0. The molecule has 1 aliphatic rings. The van der Waals surface area contributed by atoms with Crippen molar-refractivity contribution in [2.75, 3.05) is 17.2 Å². The van der Waals surface area contributed by atoms with Gasteiger partial charge in [0.25, 0.3) is 5.91 Å². The Bertz CT molecular complexity index is 1430. The second kappa shape index (κ2) is 7.72. The van der Waals surface area contributed by atoms with Crippen LogP contribution in [0.25, 0.3) is 32.2 Å². The predicted molar refractivity (Wildman–Crippen MR) is 127 cm³/mol. The molecular formula is C24H19FN4O2S. The Morgan fingerprint density at radius 2 is 2.12 bits per heavy atom. The smallest absolute Gasteiger partial charge is 0.263 e. The van der Waals surface area contributed by atoms with Gasteiger partial charge in [0.1, 0.15) is 10.7 Å². The number of halogens is 1. The largest absolute Gasteiger partial charge is 0.381 e. The van der Waals surface area contributed by atoms with Gasteiger partial charge in [-0.05, 0) is 55.5 Å². The number of fused-ring (bicyclic) bond motifs is 5. The number of thiophene rings is 1. The minimum absolute atomic E-state index is 0.0334. The molecule has 4 aromatic rings. The summed E-state index contributed by atoms with van der Waals surface area (Å²) in [5, 5.41) is 10.8. The maximum Gasteiger partial charge on any atom is 0.263 e. The van der Waals surface area contributed by atoms with Crippen molar-refractivity contribution in [2.24, 2.45) is 0 Å². The third kappa shape index (κ3) is 3.38. The molecule has 0 fully saturated rings. The Morgan fingerprint density at radius 1 is 1.28 bits per heavy atom. The molecule has 2 aromatic heterocycles. The van der Waals surface area contributed by atoms with Gasteiger partial charge < -0.3 is 16.0 Å². The van der Waals surface area contributed by atoms with E-state index in [0.717, 1.165) is 32.8 Å². The molecule has 0 aliphatic carbocycles. The topological polar surface area (TPSA) is 83.1 Å². The maximum absolute atomic E-state index is 14.1. The van der Waals surface area contributed by atoms with Gasteiger partial charge in [0.05, 0.1) is 22.6 Å². The van der Waals surface area contributed by atoms with Crippen LogP contribution < -0.4 is 16.0 Å². The van der Waals surface area contributed by atoms with Crippen molar-refractivity contribution in [3.05, 3.63) is 65.8 Å². The van der Waals surface area contributed by atoms with Crippen LogP contribution in [0.1, 0.15) is 16.6 Å². The minimum atomic E-state index is -0.536. The number of carbonyl (C=O) groups is 2. The van der Waals surface area contributed by atoms with Crippen LogP contribution in [-0.4, -0.2) is 29.4 Å². The summed E-state index contributed by atoms with van der Waals surface area (Å²) in [6.07, 6.45) is 1.09. The second-order valence-corrected chi connectivity index (χ2v) is 8.70. The lowest BCUT2D eigenvalue weighted by molar-refractivity contribution is -0.111. The molecule has 2 aromatic carbocycles. The Kier molecular flexibility index (Phi) is 4.86. The van der Waals surface area contributed by atoms with Crippen molar-refractivity contribution in [1.82, 2.24) is 10.3 Å². The average molecular weight is 447 g/mol. The van der Waals surface area contributed by atoms with Crippen molar-refractivity contribution in [2.45, 2.75) is 13.0 Å². The summed E-state index contributed by atoms with van der Waals surface area (Å²) in [6.45, 7) is 5.99. The molecule has 32 heavy (non-hydrogen) atoms. The van der Waals surface area contributed by atoms with E-state index in [-0.39, 0.29) is 17.6 Å². The molecule has 0 saturated carbocycles. The van der Waals surface area contributed by atoms with Gasteiger partial charge in [-0.2, -0.15) is 0 Å². The fourth-order valence-corrected chi connectivity index (χ4v) is 4.95. The van der Waals surface area contributed by atoms with Crippen molar-refractivity contribution in [1.29, 1.82) is 0 Å². The van der Waals surface area contributed by atoms with Gasteiger partial charge >= 0.3 is 0 Å². The Balaban J connectivity index is 1.62. The van der Waals surface area contributed by atoms with E-state index in [0.29, 0.717) is 22.7 Å². The lowest BCUT2D eigenvalue weighted by Crippen LogP contribution is -2.34. The molecule has 0 saturated heterocycles. The number of hydrogen-bond donors (Lipinski definition) is 3. The van der Waals surface area contributed by atoms with Gasteiger partial charge in [-0.15, -0.1) is 11.3 Å². The van der Waals surface area contributed by atoms with Crippen LogP contribution in [0.3, 0.4) is 0 Å². The molecule has 3 heterocycles. The van der Waals surface area contributed by atoms with Gasteiger partial charge in [0, 0.05) is 33.6 Å². The number of pyridine rings is 1. The van der Waals surface area contributed by atoms with Gasteiger partial charge in [0.15, 0.2) is 0 Å². The number of aromatic nitrogens is 1. The monoisotopic (exact) mass is 446 g/mol. The van der Waals surface area contributed by atoms with Crippen LogP contribution >= 0.6 is 11.3 Å². The van der Waals surface area contributed by atoms with Crippen LogP contribution in [0.2, 0.25) is 0 Å². The number of carbonyl (C=O) groups excluding carboxylic acids is 2. The lowest BCUT2D eigenvalue weighted by atomic mass is 10.1. The number of benzene rings is 2. The van der Waals surface area contributed by atoms with Gasteiger partial charge in [-0.1, -0.05) is 6.58 Å². The number of nitrogens with one attached hydrogen (secondary N) is 3. The molecule has 6 nitrogen and oxygen atoms in total. The van der Waals surface area contributed by atoms with E-state index < -0.39 is 11.7 Å². The first kappa shape index (κ1) is 20.1. The summed E-state index contributed by atoms with van der Waals surface area (Å²) < 4.78 is 15.1. The van der Waals surface area contributed by atoms with Crippen LogP contribution in [0.4, 0.5) is 15.8 Å². The number of nitrogens with zero attached hydrogens (tertiary/aromatic N) is 1. The second-order valence-electron chi connectivity index (χ2n) is 7.65. The summed E-state index contributed by atoms with van der Waals surface area (Å²) in [4.78, 5) is 29.6. The molecule has 5 rings (SSSR count). The van der Waals surface area contributed by atoms with Crippen LogP contribution in [0.15, 0.2) is 55.1 Å². The van der Waals surface area contributed by atoms with Gasteiger partial charge in [-0.25, -0.2) is 9.37 Å². The summed E-state index contributed by atoms with van der Waals surface area (Å²) in [5.74, 6) is -1.10. The van der Waals surface area contributed by atoms with E-state index in [1.165, 1.54) is 17.4 Å². The first-order chi connectivity index (χ1) is 15.4. The van der Waals surface area contributed by atoms with Crippen molar-refractivity contribution in [3.63, 3.8) is 0 Å². The standard InChI is InChI=1S/C24H19FN4O2S/c1-3-20(30)29-18-10-13(4-6-15(18)25)16-7-5-14-17(28-16)8-9-19-21(14)22-23(32-19)24(31)27-12(2)11-26-22/h3-10,12,26H,1,11H2,2H3,(H,27,31)(H,29,30). The molecule has 8 heteroatoms. The highest BCUT2D eigenvalue weighted by Gasteiger charge is 2.24. The zero-order valence-corrected chi connectivity index (χ0v) is 18.0. The van der Waals surface area contributed by atoms with E-state index in [2.05, 4.69) is 22.5 Å². The number of rotatable bonds is 3. The van der Waals surface area contributed by atoms with Crippen LogP contribution in [-0.2, 0) is 4.79 Å². The normalized spacial score (nSPS) is 15.6. The lowest BCUT2D eigenvalue weighted by Gasteiger charge is -2.11. The molecule has 0 bridgehead atoms. The average Bonchev–Trinajstić information content (AvgIpc) is 3.11. The maximum atomic E-state index is 14.1. The predicted octanol–water partition coefficient (Wildman–Crippen LogP) is 4.92. The molecule has 0 spiro atoms. The molecule has 0 radical (unpaired) electrons. The highest BCUT2D eigenvalue weighted by atomic mass is 32.1. The molecule has 1 aliphatic heterocycles. The molecule has 1 atom stereocenters. The highest BCUT2D eigenvalue weighted by molar-refractivity contribution is 7.21. The number of amides is 2. The van der Waals surface area contributed by atoms with E-state index in [1.54, 1.807) is 12.1 Å². The molecule has 2 amide bonds. The van der Waals surface area contributed by atoms with Crippen molar-refractivity contribution < 1.29 is 14.0 Å². The van der Waals surface area contributed by atoms with Crippen LogP contribution in [0, 0.1) is 5.82 Å². The zero-order chi connectivity index (χ0) is 22.4. The minimum Gasteiger partial charge on any atom is -0.381 e. The zero-order valence-electron chi connectivity index (χ0n) is 17.2. The summed E-state index contributed by atoms with van der Waals surface area (Å²) in [6, 6.07) is 12.2. The third-order valence-electron chi connectivity index (χ3n) is 5.40. The molecule has 1 unspecified atom stereocenters. The fourth-order valence-electron chi connectivity index (χ4n) is 3.85. The quantitative estimate of drug-likeness (QED) is 0.390. The highest BCUT2D eigenvalue weighted by Crippen LogP contribution is 2.41. The van der Waals surface area contributed by atoms with Gasteiger partial charge in [0.2, 0.25) is 5.91 Å². The van der Waals surface area contributed by atoms with E-state index in [4.69, 9.17) is 4.98 Å². The Hall–Kier alpha value is -3.78. The Labute approximate surface area is 187 Å². The summed E-state index contributed by atoms with van der Waals surface area (Å²) >= 11 is 1.46. The first-order valence-corrected chi connectivity index (χ1v) is 10.9. The first-order valence-electron chi connectivity index (χ1n) is 10.1. The number of anilines is 2. The van der Waals surface area contributed by atoms with Crippen molar-refractivity contribution in [3.8, 4) is 11.3 Å². The van der Waals surface area contributed by atoms with E-state index >= 15 is 0 Å². The van der Waals surface area contributed by atoms with E-state index in [1.807, 2.05) is 31.2 Å². The van der Waals surface area contributed by atoms with Crippen LogP contribution in [0.5, 0.6) is 0 Å². The number of hydrogen-bond acceptors (Lipinski definition) is 5. The molecular weight excluding hydrogens is 427 g/mol. The fraction of sp³-hybridized carbons (Fsp3) is 0.125.